The van der Waals surface area contributed by atoms with Crippen LogP contribution in [0.25, 0.3) is 5.69 Å². The third-order valence-corrected chi connectivity index (χ3v) is 5.72. The molecule has 24 heavy (non-hydrogen) atoms. The zero-order chi connectivity index (χ0) is 17.2. The SMILES string of the molecule is Cc1nc(C2C[C@@H]3[C@H](C2)C3(F)F)n(-c2ccc(Cl)cc2)c(=O)c1C. The van der Waals surface area contributed by atoms with E-state index < -0.39 is 17.8 Å². The number of aromatic nitrogens is 2. The van der Waals surface area contributed by atoms with Gasteiger partial charge in [-0.3, -0.25) is 9.36 Å². The molecule has 0 radical (unpaired) electrons. The van der Waals surface area contributed by atoms with Crippen LogP contribution >= 0.6 is 11.6 Å². The molecular weight excluding hydrogens is 334 g/mol. The first-order chi connectivity index (χ1) is 11.3. The zero-order valence-corrected chi connectivity index (χ0v) is 14.1. The molecule has 0 bridgehead atoms. The summed E-state index contributed by atoms with van der Waals surface area (Å²) in [5.41, 5.74) is 1.75. The van der Waals surface area contributed by atoms with Gasteiger partial charge in [-0.1, -0.05) is 11.6 Å². The number of aryl methyl sites for hydroxylation is 1. The van der Waals surface area contributed by atoms with Crippen molar-refractivity contribution in [1.29, 1.82) is 0 Å². The van der Waals surface area contributed by atoms with E-state index in [4.69, 9.17) is 11.6 Å². The molecule has 0 N–H and O–H groups in total. The van der Waals surface area contributed by atoms with Crippen molar-refractivity contribution < 1.29 is 8.78 Å². The summed E-state index contributed by atoms with van der Waals surface area (Å²) in [4.78, 5) is 17.4. The minimum Gasteiger partial charge on any atom is -0.269 e. The lowest BCUT2D eigenvalue weighted by atomic mass is 10.0. The van der Waals surface area contributed by atoms with Crippen molar-refractivity contribution in [2.45, 2.75) is 38.5 Å². The molecule has 2 aliphatic rings. The third-order valence-electron chi connectivity index (χ3n) is 5.47. The number of benzene rings is 1. The van der Waals surface area contributed by atoms with Gasteiger partial charge in [0.2, 0.25) is 0 Å². The third kappa shape index (κ3) is 2.21. The molecule has 3 atom stereocenters. The monoisotopic (exact) mass is 350 g/mol. The number of fused-ring (bicyclic) bond motifs is 1. The zero-order valence-electron chi connectivity index (χ0n) is 13.4. The Morgan fingerprint density at radius 3 is 2.33 bits per heavy atom. The fraction of sp³-hybridized carbons (Fsp3) is 0.444. The number of rotatable bonds is 2. The van der Waals surface area contributed by atoms with E-state index in [-0.39, 0.29) is 11.5 Å². The second-order valence-electron chi connectivity index (χ2n) is 6.85. The van der Waals surface area contributed by atoms with Gasteiger partial charge in [0.25, 0.3) is 11.5 Å². The Bertz CT molecular complexity index is 862. The average Bonchev–Trinajstić information content (AvgIpc) is 2.91. The molecule has 1 aromatic heterocycles. The van der Waals surface area contributed by atoms with E-state index in [9.17, 15) is 13.6 Å². The Labute approximate surface area is 143 Å². The first-order valence-corrected chi connectivity index (χ1v) is 8.42. The van der Waals surface area contributed by atoms with Crippen LogP contribution in [0.15, 0.2) is 29.1 Å². The Morgan fingerprint density at radius 2 is 1.75 bits per heavy atom. The molecule has 1 heterocycles. The molecule has 126 valence electrons. The Hall–Kier alpha value is -1.75. The largest absolute Gasteiger partial charge is 0.269 e. The quantitative estimate of drug-likeness (QED) is 0.811. The van der Waals surface area contributed by atoms with Gasteiger partial charge in [-0.05, 0) is 51.0 Å². The van der Waals surface area contributed by atoms with Gasteiger partial charge in [0.05, 0.1) is 5.69 Å². The van der Waals surface area contributed by atoms with Crippen molar-refractivity contribution in [3.8, 4) is 5.69 Å². The Balaban J connectivity index is 1.82. The highest BCUT2D eigenvalue weighted by atomic mass is 35.5. The summed E-state index contributed by atoms with van der Waals surface area (Å²) in [6, 6.07) is 6.94. The molecular formula is C18H17ClF2N2O. The molecule has 6 heteroatoms. The highest BCUT2D eigenvalue weighted by Gasteiger charge is 2.71. The number of nitrogens with zero attached hydrogens (tertiary/aromatic N) is 2. The molecule has 2 saturated carbocycles. The minimum absolute atomic E-state index is 0.109. The normalized spacial score (nSPS) is 27.1. The van der Waals surface area contributed by atoms with Crippen molar-refractivity contribution in [1.82, 2.24) is 9.55 Å². The molecule has 0 saturated heterocycles. The molecule has 3 nitrogen and oxygen atoms in total. The molecule has 0 spiro atoms. The van der Waals surface area contributed by atoms with Gasteiger partial charge in [-0.15, -0.1) is 0 Å². The highest BCUT2D eigenvalue weighted by molar-refractivity contribution is 6.30. The number of alkyl halides is 2. The van der Waals surface area contributed by atoms with Crippen molar-refractivity contribution in [2.24, 2.45) is 11.8 Å². The van der Waals surface area contributed by atoms with E-state index in [1.807, 2.05) is 0 Å². The summed E-state index contributed by atoms with van der Waals surface area (Å²) in [6.45, 7) is 3.53. The van der Waals surface area contributed by atoms with Crippen LogP contribution in [0.2, 0.25) is 5.02 Å². The van der Waals surface area contributed by atoms with Crippen molar-refractivity contribution in [2.75, 3.05) is 0 Å². The van der Waals surface area contributed by atoms with E-state index in [1.54, 1.807) is 42.7 Å². The maximum absolute atomic E-state index is 13.5. The molecule has 2 aliphatic carbocycles. The molecule has 0 aliphatic heterocycles. The van der Waals surface area contributed by atoms with Crippen LogP contribution in [-0.4, -0.2) is 15.5 Å². The maximum Gasteiger partial charge on any atom is 0.261 e. The van der Waals surface area contributed by atoms with Crippen LogP contribution in [0.4, 0.5) is 8.78 Å². The van der Waals surface area contributed by atoms with Crippen LogP contribution < -0.4 is 5.56 Å². The van der Waals surface area contributed by atoms with Crippen LogP contribution in [0, 0.1) is 25.7 Å². The number of hydrogen-bond acceptors (Lipinski definition) is 2. The first-order valence-electron chi connectivity index (χ1n) is 8.04. The van der Waals surface area contributed by atoms with Gasteiger partial charge in [0.15, 0.2) is 0 Å². The molecule has 0 amide bonds. The van der Waals surface area contributed by atoms with Gasteiger partial charge < -0.3 is 0 Å². The van der Waals surface area contributed by atoms with Gasteiger partial charge in [-0.2, -0.15) is 0 Å². The van der Waals surface area contributed by atoms with Crippen molar-refractivity contribution >= 4 is 11.6 Å². The van der Waals surface area contributed by atoms with Crippen molar-refractivity contribution in [3.63, 3.8) is 0 Å². The Morgan fingerprint density at radius 1 is 1.17 bits per heavy atom. The topological polar surface area (TPSA) is 34.9 Å². The van der Waals surface area contributed by atoms with E-state index in [0.717, 1.165) is 0 Å². The van der Waals surface area contributed by atoms with Crippen molar-refractivity contribution in [3.05, 3.63) is 56.7 Å². The summed E-state index contributed by atoms with van der Waals surface area (Å²) < 4.78 is 28.6. The second-order valence-corrected chi connectivity index (χ2v) is 7.29. The molecule has 2 fully saturated rings. The molecule has 1 unspecified atom stereocenters. The van der Waals surface area contributed by atoms with E-state index in [1.165, 1.54) is 0 Å². The average molecular weight is 351 g/mol. The summed E-state index contributed by atoms with van der Waals surface area (Å²) in [7, 11) is 0. The fourth-order valence-electron chi connectivity index (χ4n) is 3.87. The van der Waals surface area contributed by atoms with Gasteiger partial charge in [0, 0.05) is 34.0 Å². The number of halogens is 3. The van der Waals surface area contributed by atoms with E-state index in [2.05, 4.69) is 4.98 Å². The fourth-order valence-corrected chi connectivity index (χ4v) is 4.00. The maximum atomic E-state index is 13.5. The van der Waals surface area contributed by atoms with Crippen LogP contribution in [0.3, 0.4) is 0 Å². The predicted octanol–water partition coefficient (Wildman–Crippen LogP) is 4.26. The summed E-state index contributed by atoms with van der Waals surface area (Å²) in [6.07, 6.45) is 0.778. The summed E-state index contributed by atoms with van der Waals surface area (Å²) >= 11 is 5.93. The van der Waals surface area contributed by atoms with Gasteiger partial charge >= 0.3 is 0 Å². The van der Waals surface area contributed by atoms with Crippen LogP contribution in [-0.2, 0) is 0 Å². The Kier molecular flexibility index (Phi) is 3.36. The van der Waals surface area contributed by atoms with E-state index in [0.29, 0.717) is 40.6 Å². The molecule has 1 aromatic carbocycles. The highest BCUT2D eigenvalue weighted by Crippen LogP contribution is 2.67. The second kappa shape index (κ2) is 5.12. The van der Waals surface area contributed by atoms with E-state index >= 15 is 0 Å². The van der Waals surface area contributed by atoms with Crippen LogP contribution in [0.1, 0.15) is 35.8 Å². The molecule has 4 rings (SSSR count). The van der Waals surface area contributed by atoms with Crippen LogP contribution in [0.5, 0.6) is 0 Å². The molecule has 2 aromatic rings. The minimum atomic E-state index is -2.53. The predicted molar refractivity (Wildman–Crippen MR) is 88.2 cm³/mol. The standard InChI is InChI=1S/C18H17ClF2N2O/c1-9-10(2)22-16(11-7-14-15(8-11)18(14,20)21)23(17(9)24)13-5-3-12(19)4-6-13/h3-6,11,14-15H,7-8H2,1-2H3/t11?,14-,15+. The summed E-state index contributed by atoms with van der Waals surface area (Å²) in [5, 5.41) is 0.576. The van der Waals surface area contributed by atoms with Gasteiger partial charge in [-0.25, -0.2) is 13.8 Å². The smallest absolute Gasteiger partial charge is 0.261 e. The lowest BCUT2D eigenvalue weighted by molar-refractivity contribution is 0.0689. The number of hydrogen-bond donors (Lipinski definition) is 0. The lowest BCUT2D eigenvalue weighted by Crippen LogP contribution is -2.28. The summed E-state index contributed by atoms with van der Waals surface area (Å²) in [5.74, 6) is -3.16. The van der Waals surface area contributed by atoms with Gasteiger partial charge in [0.1, 0.15) is 5.82 Å². The lowest BCUT2D eigenvalue weighted by Gasteiger charge is -2.20. The first kappa shape index (κ1) is 15.8.